The Morgan fingerprint density at radius 1 is 1.23 bits per heavy atom. The van der Waals surface area contributed by atoms with Crippen molar-refractivity contribution in [3.63, 3.8) is 0 Å². The lowest BCUT2D eigenvalue weighted by atomic mass is 9.85. The van der Waals surface area contributed by atoms with Crippen molar-refractivity contribution in [3.8, 4) is 0 Å². The Kier molecular flexibility index (Phi) is 6.77. The van der Waals surface area contributed by atoms with Crippen molar-refractivity contribution in [2.24, 2.45) is 7.05 Å². The number of benzene rings is 2. The zero-order valence-electron chi connectivity index (χ0n) is 17.0. The van der Waals surface area contributed by atoms with Gasteiger partial charge in [-0.15, -0.1) is 0 Å². The molecule has 0 bridgehead atoms. The molecule has 0 aliphatic heterocycles. The monoisotopic (exact) mass is 444 g/mol. The van der Waals surface area contributed by atoms with Crippen molar-refractivity contribution < 1.29 is 18.7 Å². The van der Waals surface area contributed by atoms with E-state index in [9.17, 15) is 18.7 Å². The Morgan fingerprint density at radius 3 is 2.55 bits per heavy atom. The van der Waals surface area contributed by atoms with Crippen molar-refractivity contribution >= 4 is 23.2 Å². The molecule has 31 heavy (non-hydrogen) atoms. The molecule has 1 heterocycles. The number of carbonyl (C=O) groups is 1. The van der Waals surface area contributed by atoms with Gasteiger partial charge in [-0.2, -0.15) is 5.10 Å². The van der Waals surface area contributed by atoms with E-state index >= 15 is 0 Å². The Balaban J connectivity index is 1.87. The average Bonchev–Trinajstić information content (AvgIpc) is 3.14. The third-order valence-corrected chi connectivity index (χ3v) is 5.18. The smallest absolute Gasteiger partial charge is 0.257 e. The zero-order valence-corrected chi connectivity index (χ0v) is 17.8. The number of amides is 1. The third kappa shape index (κ3) is 5.31. The fraction of sp³-hybridized carbons (Fsp3) is 0.227. The standard InChI is InChI=1S/C22H22F2N4O2S/c1-22(16-9-8-15(23)12-17(16)24,13-19(29)18-10-11-25-28(18)2)27-21(31)26-20(30)14-6-4-3-5-7-14/h3-12,19,29H,13H2,1-2H3,(H2,26,27,30,31)/t19-,22?/m1/s1. The summed E-state index contributed by atoms with van der Waals surface area (Å²) in [6.07, 6.45) is 0.463. The van der Waals surface area contributed by atoms with Crippen LogP contribution in [0, 0.1) is 11.6 Å². The fourth-order valence-electron chi connectivity index (χ4n) is 3.41. The SMILES string of the molecule is Cn1nccc1[C@H](O)CC(C)(NC(=S)NC(=O)c1ccccc1)c1ccc(F)cc1F. The van der Waals surface area contributed by atoms with E-state index in [2.05, 4.69) is 15.7 Å². The van der Waals surface area contributed by atoms with Crippen LogP contribution in [-0.2, 0) is 12.6 Å². The van der Waals surface area contributed by atoms with Crippen molar-refractivity contribution in [1.29, 1.82) is 0 Å². The Morgan fingerprint density at radius 2 is 1.94 bits per heavy atom. The first kappa shape index (κ1) is 22.5. The van der Waals surface area contributed by atoms with Gasteiger partial charge >= 0.3 is 0 Å². The molecule has 0 aliphatic carbocycles. The maximum absolute atomic E-state index is 14.7. The van der Waals surface area contributed by atoms with Gasteiger partial charge in [0.2, 0.25) is 0 Å². The fourth-order valence-corrected chi connectivity index (χ4v) is 3.73. The molecule has 0 saturated carbocycles. The molecule has 162 valence electrons. The van der Waals surface area contributed by atoms with Crippen LogP contribution in [0.25, 0.3) is 0 Å². The maximum Gasteiger partial charge on any atom is 0.257 e. The van der Waals surface area contributed by atoms with Crippen LogP contribution in [0.2, 0.25) is 0 Å². The van der Waals surface area contributed by atoms with Crippen LogP contribution in [0.3, 0.4) is 0 Å². The van der Waals surface area contributed by atoms with Crippen LogP contribution in [0.1, 0.15) is 41.1 Å². The maximum atomic E-state index is 14.7. The quantitative estimate of drug-likeness (QED) is 0.509. The van der Waals surface area contributed by atoms with E-state index in [1.54, 1.807) is 50.4 Å². The first-order chi connectivity index (χ1) is 14.7. The lowest BCUT2D eigenvalue weighted by Gasteiger charge is -2.34. The van der Waals surface area contributed by atoms with Crippen LogP contribution in [0.4, 0.5) is 8.78 Å². The molecule has 3 aromatic rings. The summed E-state index contributed by atoms with van der Waals surface area (Å²) in [5, 5.41) is 20.2. The van der Waals surface area contributed by atoms with Crippen LogP contribution in [-0.4, -0.2) is 25.9 Å². The first-order valence-electron chi connectivity index (χ1n) is 9.49. The molecule has 0 aliphatic rings. The first-order valence-corrected chi connectivity index (χ1v) is 9.90. The van der Waals surface area contributed by atoms with Gasteiger partial charge in [-0.1, -0.05) is 24.3 Å². The van der Waals surface area contributed by atoms with E-state index < -0.39 is 29.2 Å². The van der Waals surface area contributed by atoms with Gasteiger partial charge in [-0.3, -0.25) is 14.8 Å². The van der Waals surface area contributed by atoms with E-state index in [1.807, 2.05) is 0 Å². The number of nitrogens with zero attached hydrogens (tertiary/aromatic N) is 2. The van der Waals surface area contributed by atoms with Gasteiger partial charge in [0.05, 0.1) is 17.3 Å². The van der Waals surface area contributed by atoms with E-state index in [-0.39, 0.29) is 17.1 Å². The molecule has 3 rings (SSSR count). The van der Waals surface area contributed by atoms with Gasteiger partial charge in [0.25, 0.3) is 5.91 Å². The van der Waals surface area contributed by atoms with Gasteiger partial charge < -0.3 is 10.4 Å². The summed E-state index contributed by atoms with van der Waals surface area (Å²) >= 11 is 5.29. The highest BCUT2D eigenvalue weighted by Crippen LogP contribution is 2.33. The number of hydrogen-bond acceptors (Lipinski definition) is 4. The minimum Gasteiger partial charge on any atom is -0.387 e. The molecule has 0 spiro atoms. The lowest BCUT2D eigenvalue weighted by Crippen LogP contribution is -2.50. The Bertz CT molecular complexity index is 1090. The molecule has 9 heteroatoms. The summed E-state index contributed by atoms with van der Waals surface area (Å²) in [5.74, 6) is -1.97. The number of aliphatic hydroxyl groups is 1. The summed E-state index contributed by atoms with van der Waals surface area (Å²) in [6, 6.07) is 13.3. The second-order valence-corrected chi connectivity index (χ2v) is 7.74. The summed E-state index contributed by atoms with van der Waals surface area (Å²) in [6.45, 7) is 1.61. The summed E-state index contributed by atoms with van der Waals surface area (Å²) < 4.78 is 29.7. The van der Waals surface area contributed by atoms with E-state index in [1.165, 1.54) is 16.9 Å². The minimum absolute atomic E-state index is 0.0313. The van der Waals surface area contributed by atoms with Crippen LogP contribution in [0.15, 0.2) is 60.8 Å². The molecule has 1 amide bonds. The van der Waals surface area contributed by atoms with Crippen molar-refractivity contribution in [1.82, 2.24) is 20.4 Å². The highest BCUT2D eigenvalue weighted by Gasteiger charge is 2.34. The number of nitrogens with one attached hydrogen (secondary N) is 2. The number of hydrogen-bond donors (Lipinski definition) is 3. The van der Waals surface area contributed by atoms with Crippen molar-refractivity contribution in [2.45, 2.75) is 25.0 Å². The molecule has 6 nitrogen and oxygen atoms in total. The Hall–Kier alpha value is -3.17. The molecule has 0 radical (unpaired) electrons. The van der Waals surface area contributed by atoms with Crippen LogP contribution in [0.5, 0.6) is 0 Å². The van der Waals surface area contributed by atoms with E-state index in [0.29, 0.717) is 11.3 Å². The molecule has 1 aromatic heterocycles. The van der Waals surface area contributed by atoms with Crippen LogP contribution >= 0.6 is 12.2 Å². The van der Waals surface area contributed by atoms with Gasteiger partial charge in [-0.05, 0) is 43.4 Å². The Labute approximate surface area is 183 Å². The predicted molar refractivity (Wildman–Crippen MR) is 116 cm³/mol. The number of aliphatic hydroxyl groups excluding tert-OH is 1. The highest BCUT2D eigenvalue weighted by molar-refractivity contribution is 7.80. The van der Waals surface area contributed by atoms with E-state index in [0.717, 1.165) is 12.1 Å². The summed E-state index contributed by atoms with van der Waals surface area (Å²) in [4.78, 5) is 12.4. The second kappa shape index (κ2) is 9.32. The second-order valence-electron chi connectivity index (χ2n) is 7.33. The molecular formula is C22H22F2N4O2S. The largest absolute Gasteiger partial charge is 0.387 e. The van der Waals surface area contributed by atoms with E-state index in [4.69, 9.17) is 12.2 Å². The molecule has 1 unspecified atom stereocenters. The zero-order chi connectivity index (χ0) is 22.6. The topological polar surface area (TPSA) is 79.2 Å². The van der Waals surface area contributed by atoms with Crippen molar-refractivity contribution in [3.05, 3.63) is 89.2 Å². The van der Waals surface area contributed by atoms with Crippen LogP contribution < -0.4 is 10.6 Å². The number of thiocarbonyl (C=S) groups is 1. The van der Waals surface area contributed by atoms with Gasteiger partial charge in [0.15, 0.2) is 5.11 Å². The summed E-state index contributed by atoms with van der Waals surface area (Å²) in [7, 11) is 1.67. The number of halogens is 2. The molecule has 0 fully saturated rings. The predicted octanol–water partition coefficient (Wildman–Crippen LogP) is 3.34. The number of aryl methyl sites for hydroxylation is 1. The van der Waals surface area contributed by atoms with Crippen molar-refractivity contribution in [2.75, 3.05) is 0 Å². The average molecular weight is 445 g/mol. The normalized spacial score (nSPS) is 13.8. The minimum atomic E-state index is -1.28. The van der Waals surface area contributed by atoms with Gasteiger partial charge in [0.1, 0.15) is 11.6 Å². The number of rotatable bonds is 6. The highest BCUT2D eigenvalue weighted by atomic mass is 32.1. The summed E-state index contributed by atoms with van der Waals surface area (Å²) in [5.41, 5.74) is -0.278. The molecule has 3 N–H and O–H groups in total. The molecule has 0 saturated heterocycles. The number of aromatic nitrogens is 2. The number of carbonyl (C=O) groups excluding carboxylic acids is 1. The third-order valence-electron chi connectivity index (χ3n) is 4.98. The van der Waals surface area contributed by atoms with Gasteiger partial charge in [-0.25, -0.2) is 8.78 Å². The lowest BCUT2D eigenvalue weighted by molar-refractivity contribution is 0.0974. The van der Waals surface area contributed by atoms with Gasteiger partial charge in [0, 0.05) is 36.9 Å². The molecule has 2 atom stereocenters. The molecular weight excluding hydrogens is 422 g/mol. The molecule has 2 aromatic carbocycles.